The molecule has 0 bridgehead atoms. The van der Waals surface area contributed by atoms with Crippen molar-refractivity contribution in [2.24, 2.45) is 0 Å². The van der Waals surface area contributed by atoms with E-state index in [1.54, 1.807) is 0 Å². The maximum atomic E-state index is 13.6. The fourth-order valence-corrected chi connectivity index (χ4v) is 1.74. The zero-order chi connectivity index (χ0) is 12.6. The van der Waals surface area contributed by atoms with E-state index in [2.05, 4.69) is 5.16 Å². The minimum absolute atomic E-state index is 0.0423. The quantitative estimate of drug-likeness (QED) is 0.873. The highest BCUT2D eigenvalue weighted by Gasteiger charge is 2.20. The molecule has 2 N–H and O–H groups in total. The molecular weight excluding hydrogens is 226 g/mol. The molecule has 0 radical (unpaired) electrons. The van der Waals surface area contributed by atoms with Gasteiger partial charge in [0.15, 0.2) is 0 Å². The van der Waals surface area contributed by atoms with E-state index in [1.807, 2.05) is 13.8 Å². The smallest absolute Gasteiger partial charge is 0.226 e. The van der Waals surface area contributed by atoms with Crippen LogP contribution in [0.4, 0.5) is 14.7 Å². The molecule has 0 spiro atoms. The SMILES string of the molecule is CC(C)c1c(-c2ccc(F)cc2F)noc1N. The first kappa shape index (κ1) is 11.6. The highest BCUT2D eigenvalue weighted by molar-refractivity contribution is 5.68. The number of nitrogens with two attached hydrogens (primary N) is 1. The van der Waals surface area contributed by atoms with Gasteiger partial charge in [-0.25, -0.2) is 8.78 Å². The number of halogens is 2. The molecule has 0 amide bonds. The Hall–Kier alpha value is -1.91. The van der Waals surface area contributed by atoms with Gasteiger partial charge in [-0.2, -0.15) is 0 Å². The third-order valence-electron chi connectivity index (χ3n) is 2.52. The number of rotatable bonds is 2. The number of nitrogens with zero attached hydrogens (tertiary/aromatic N) is 1. The Kier molecular flexibility index (Phi) is 2.83. The third kappa shape index (κ3) is 2.00. The lowest BCUT2D eigenvalue weighted by Crippen LogP contribution is -1.96. The molecule has 0 aliphatic rings. The van der Waals surface area contributed by atoms with Crippen molar-refractivity contribution >= 4 is 5.88 Å². The molecule has 2 aromatic rings. The molecule has 3 nitrogen and oxygen atoms in total. The molecule has 5 heteroatoms. The summed E-state index contributed by atoms with van der Waals surface area (Å²) in [4.78, 5) is 0. The summed E-state index contributed by atoms with van der Waals surface area (Å²) in [6, 6.07) is 3.31. The molecule has 0 aliphatic carbocycles. The predicted molar refractivity (Wildman–Crippen MR) is 60.4 cm³/mol. The molecule has 0 fully saturated rings. The number of benzene rings is 1. The monoisotopic (exact) mass is 238 g/mol. The molecule has 1 aromatic heterocycles. The summed E-state index contributed by atoms with van der Waals surface area (Å²) in [5.41, 5.74) is 6.79. The molecule has 17 heavy (non-hydrogen) atoms. The minimum Gasteiger partial charge on any atom is -0.367 e. The van der Waals surface area contributed by atoms with Crippen LogP contribution in [-0.2, 0) is 0 Å². The van der Waals surface area contributed by atoms with Gasteiger partial charge in [-0.1, -0.05) is 19.0 Å². The Morgan fingerprint density at radius 2 is 2.00 bits per heavy atom. The maximum absolute atomic E-state index is 13.6. The largest absolute Gasteiger partial charge is 0.367 e. The Morgan fingerprint density at radius 1 is 1.29 bits per heavy atom. The summed E-state index contributed by atoms with van der Waals surface area (Å²) in [6.07, 6.45) is 0. The first-order chi connectivity index (χ1) is 8.00. The summed E-state index contributed by atoms with van der Waals surface area (Å²) >= 11 is 0. The van der Waals surface area contributed by atoms with Crippen molar-refractivity contribution in [3.8, 4) is 11.3 Å². The molecule has 1 aromatic carbocycles. The minimum atomic E-state index is -0.680. The fraction of sp³-hybridized carbons (Fsp3) is 0.250. The number of hydrogen-bond donors (Lipinski definition) is 1. The Labute approximate surface area is 97.2 Å². The second-order valence-corrected chi connectivity index (χ2v) is 4.09. The predicted octanol–water partition coefficient (Wildman–Crippen LogP) is 3.33. The van der Waals surface area contributed by atoms with Gasteiger partial charge in [0.25, 0.3) is 0 Å². The molecule has 0 unspecified atom stereocenters. The Balaban J connectivity index is 2.61. The Morgan fingerprint density at radius 3 is 2.59 bits per heavy atom. The molecule has 0 saturated heterocycles. The lowest BCUT2D eigenvalue weighted by molar-refractivity contribution is 0.437. The van der Waals surface area contributed by atoms with E-state index < -0.39 is 11.6 Å². The zero-order valence-electron chi connectivity index (χ0n) is 9.50. The summed E-state index contributed by atoms with van der Waals surface area (Å²) in [7, 11) is 0. The van der Waals surface area contributed by atoms with Crippen LogP contribution in [0.3, 0.4) is 0 Å². The molecule has 0 aliphatic heterocycles. The van der Waals surface area contributed by atoms with Crippen LogP contribution in [0.15, 0.2) is 22.7 Å². The lowest BCUT2D eigenvalue weighted by Gasteiger charge is -2.06. The van der Waals surface area contributed by atoms with Gasteiger partial charge < -0.3 is 10.3 Å². The topological polar surface area (TPSA) is 52.0 Å². The summed E-state index contributed by atoms with van der Waals surface area (Å²) in [5.74, 6) is -1.10. The van der Waals surface area contributed by atoms with Crippen LogP contribution in [0.25, 0.3) is 11.3 Å². The van der Waals surface area contributed by atoms with Crippen molar-refractivity contribution < 1.29 is 13.3 Å². The van der Waals surface area contributed by atoms with Gasteiger partial charge in [-0.3, -0.25) is 0 Å². The van der Waals surface area contributed by atoms with Crippen molar-refractivity contribution in [1.29, 1.82) is 0 Å². The van der Waals surface area contributed by atoms with E-state index in [0.717, 1.165) is 6.07 Å². The first-order valence-electron chi connectivity index (χ1n) is 5.21. The molecule has 90 valence electrons. The van der Waals surface area contributed by atoms with Crippen molar-refractivity contribution in [3.63, 3.8) is 0 Å². The van der Waals surface area contributed by atoms with Crippen molar-refractivity contribution in [2.75, 3.05) is 5.73 Å². The second-order valence-electron chi connectivity index (χ2n) is 4.09. The highest BCUT2D eigenvalue weighted by Crippen LogP contribution is 2.34. The van der Waals surface area contributed by atoms with Crippen molar-refractivity contribution in [2.45, 2.75) is 19.8 Å². The standard InChI is InChI=1S/C12H12F2N2O/c1-6(2)10-11(16-17-12(10)15)8-4-3-7(13)5-9(8)14/h3-6H,15H2,1-2H3. The van der Waals surface area contributed by atoms with Gasteiger partial charge >= 0.3 is 0 Å². The van der Waals surface area contributed by atoms with Crippen LogP contribution >= 0.6 is 0 Å². The van der Waals surface area contributed by atoms with Crippen LogP contribution in [-0.4, -0.2) is 5.16 Å². The average Bonchev–Trinajstić information content (AvgIpc) is 2.60. The van der Waals surface area contributed by atoms with Crippen LogP contribution < -0.4 is 5.73 Å². The van der Waals surface area contributed by atoms with Gasteiger partial charge in [-0.05, 0) is 18.1 Å². The summed E-state index contributed by atoms with van der Waals surface area (Å²) < 4.78 is 31.3. The van der Waals surface area contributed by atoms with Gasteiger partial charge in [0, 0.05) is 17.2 Å². The highest BCUT2D eigenvalue weighted by atomic mass is 19.1. The number of anilines is 1. The average molecular weight is 238 g/mol. The van der Waals surface area contributed by atoms with Crippen LogP contribution in [0, 0.1) is 11.6 Å². The molecule has 2 rings (SSSR count). The van der Waals surface area contributed by atoms with E-state index in [-0.39, 0.29) is 17.4 Å². The molecule has 1 heterocycles. The lowest BCUT2D eigenvalue weighted by atomic mass is 9.98. The second kappa shape index (κ2) is 4.16. The van der Waals surface area contributed by atoms with E-state index in [1.165, 1.54) is 12.1 Å². The molecule has 0 saturated carbocycles. The molecule has 0 atom stereocenters. The van der Waals surface area contributed by atoms with Gasteiger partial charge in [0.05, 0.1) is 0 Å². The van der Waals surface area contributed by atoms with Crippen molar-refractivity contribution in [1.82, 2.24) is 5.16 Å². The third-order valence-corrected chi connectivity index (χ3v) is 2.52. The summed E-state index contributed by atoms with van der Waals surface area (Å²) in [5, 5.41) is 3.74. The fourth-order valence-electron chi connectivity index (χ4n) is 1.74. The van der Waals surface area contributed by atoms with E-state index in [0.29, 0.717) is 11.3 Å². The Bertz CT molecular complexity index is 549. The van der Waals surface area contributed by atoms with E-state index in [4.69, 9.17) is 10.3 Å². The van der Waals surface area contributed by atoms with Gasteiger partial charge in [0.2, 0.25) is 5.88 Å². The molecular formula is C12H12F2N2O. The number of aromatic nitrogens is 1. The normalized spacial score (nSPS) is 11.1. The van der Waals surface area contributed by atoms with Gasteiger partial charge in [0.1, 0.15) is 17.3 Å². The van der Waals surface area contributed by atoms with Crippen LogP contribution in [0.2, 0.25) is 0 Å². The van der Waals surface area contributed by atoms with Gasteiger partial charge in [-0.15, -0.1) is 0 Å². The number of nitrogen functional groups attached to an aromatic ring is 1. The first-order valence-corrected chi connectivity index (χ1v) is 5.21. The van der Waals surface area contributed by atoms with E-state index >= 15 is 0 Å². The number of hydrogen-bond acceptors (Lipinski definition) is 3. The van der Waals surface area contributed by atoms with Crippen LogP contribution in [0.5, 0.6) is 0 Å². The zero-order valence-corrected chi connectivity index (χ0v) is 9.50. The van der Waals surface area contributed by atoms with E-state index in [9.17, 15) is 8.78 Å². The summed E-state index contributed by atoms with van der Waals surface area (Å²) in [6.45, 7) is 3.79. The maximum Gasteiger partial charge on any atom is 0.226 e. The van der Waals surface area contributed by atoms with Crippen molar-refractivity contribution in [3.05, 3.63) is 35.4 Å². The van der Waals surface area contributed by atoms with Crippen LogP contribution in [0.1, 0.15) is 25.3 Å².